The lowest BCUT2D eigenvalue weighted by atomic mass is 10.0. The maximum absolute atomic E-state index is 13.1. The first-order valence-electron chi connectivity index (χ1n) is 11.0. The highest BCUT2D eigenvalue weighted by Gasteiger charge is 2.26. The van der Waals surface area contributed by atoms with Crippen LogP contribution in [-0.4, -0.2) is 56.5 Å². The number of nitrogens with two attached hydrogens (primary N) is 3. The minimum atomic E-state index is -0.970. The normalized spacial score (nSPS) is 12.1. The van der Waals surface area contributed by atoms with Crippen molar-refractivity contribution in [2.24, 2.45) is 22.2 Å². The molecule has 0 spiro atoms. The van der Waals surface area contributed by atoms with E-state index in [4.69, 9.17) is 26.7 Å². The first kappa shape index (κ1) is 27.0. The lowest BCUT2D eigenvalue weighted by Gasteiger charge is -2.22. The highest BCUT2D eigenvalue weighted by Crippen LogP contribution is 2.27. The van der Waals surface area contributed by atoms with Gasteiger partial charge in [0.25, 0.3) is 5.91 Å². The molecular weight excluding hydrogens is 452 g/mol. The summed E-state index contributed by atoms with van der Waals surface area (Å²) in [6.07, 6.45) is 0.840. The van der Waals surface area contributed by atoms with E-state index in [1.807, 2.05) is 30.3 Å². The molecule has 0 fully saturated rings. The van der Waals surface area contributed by atoms with Crippen LogP contribution in [0.15, 0.2) is 53.5 Å². The van der Waals surface area contributed by atoms with Crippen LogP contribution in [0.4, 0.5) is 0 Å². The third kappa shape index (κ3) is 8.54. The summed E-state index contributed by atoms with van der Waals surface area (Å²) >= 11 is 0. The molecule has 0 saturated heterocycles. The van der Waals surface area contributed by atoms with Crippen LogP contribution in [0.5, 0.6) is 11.5 Å². The van der Waals surface area contributed by atoms with Crippen LogP contribution < -0.4 is 37.3 Å². The smallest absolute Gasteiger partial charge is 0.252 e. The zero-order valence-electron chi connectivity index (χ0n) is 19.8. The van der Waals surface area contributed by atoms with Crippen molar-refractivity contribution in [3.63, 3.8) is 0 Å². The van der Waals surface area contributed by atoms with Crippen molar-refractivity contribution < 1.29 is 23.9 Å². The minimum absolute atomic E-state index is 0.0722. The second kappa shape index (κ2) is 13.4. The summed E-state index contributed by atoms with van der Waals surface area (Å²) in [5, 5.41) is 5.36. The largest absolute Gasteiger partial charge is 0.493 e. The Balaban J connectivity index is 2.18. The fourth-order valence-electron chi connectivity index (χ4n) is 3.34. The van der Waals surface area contributed by atoms with E-state index in [2.05, 4.69) is 15.6 Å². The molecule has 0 saturated carbocycles. The molecule has 0 heterocycles. The number of rotatable bonds is 13. The molecule has 0 aromatic heterocycles. The topological polar surface area (TPSA) is 184 Å². The Morgan fingerprint density at radius 1 is 0.914 bits per heavy atom. The number of amides is 3. The van der Waals surface area contributed by atoms with E-state index < -0.39 is 29.8 Å². The minimum Gasteiger partial charge on any atom is -0.493 e. The quantitative estimate of drug-likeness (QED) is 0.151. The molecule has 0 aliphatic rings. The summed E-state index contributed by atoms with van der Waals surface area (Å²) in [5.74, 6) is -0.995. The van der Waals surface area contributed by atoms with Gasteiger partial charge in [-0.2, -0.15) is 0 Å². The van der Waals surface area contributed by atoms with Gasteiger partial charge in [0.15, 0.2) is 17.5 Å². The molecule has 0 bridgehead atoms. The van der Waals surface area contributed by atoms with Gasteiger partial charge in [0.05, 0.1) is 14.2 Å². The Morgan fingerprint density at radius 2 is 1.60 bits per heavy atom. The number of hydrogen-bond acceptors (Lipinski definition) is 6. The second-order valence-corrected chi connectivity index (χ2v) is 7.70. The molecule has 3 amide bonds. The lowest BCUT2D eigenvalue weighted by molar-refractivity contribution is -0.128. The van der Waals surface area contributed by atoms with Gasteiger partial charge in [-0.1, -0.05) is 30.3 Å². The number of guanidine groups is 1. The molecule has 2 aromatic rings. The molecule has 11 nitrogen and oxygen atoms in total. The number of benzene rings is 2. The summed E-state index contributed by atoms with van der Waals surface area (Å²) < 4.78 is 10.4. The molecule has 2 rings (SSSR count). The predicted octanol–water partition coefficient (Wildman–Crippen LogP) is 0.0686. The molecule has 2 aromatic carbocycles. The van der Waals surface area contributed by atoms with Crippen LogP contribution in [0.2, 0.25) is 0 Å². The average Bonchev–Trinajstić information content (AvgIpc) is 2.85. The van der Waals surface area contributed by atoms with Crippen molar-refractivity contribution in [2.45, 2.75) is 31.3 Å². The van der Waals surface area contributed by atoms with Crippen LogP contribution in [0, 0.1) is 0 Å². The van der Waals surface area contributed by atoms with E-state index in [0.717, 1.165) is 5.56 Å². The molecule has 0 aliphatic carbocycles. The number of carbonyl (C=O) groups excluding carboxylic acids is 3. The number of methoxy groups -OCH3 is 2. The van der Waals surface area contributed by atoms with Crippen LogP contribution >= 0.6 is 0 Å². The Kier molecular flexibility index (Phi) is 10.3. The first-order valence-corrected chi connectivity index (χ1v) is 11.0. The number of carbonyl (C=O) groups is 3. The van der Waals surface area contributed by atoms with Gasteiger partial charge in [-0.15, -0.1) is 0 Å². The molecule has 0 radical (unpaired) electrons. The van der Waals surface area contributed by atoms with Gasteiger partial charge in [-0.3, -0.25) is 19.4 Å². The zero-order chi connectivity index (χ0) is 25.8. The second-order valence-electron chi connectivity index (χ2n) is 7.70. The van der Waals surface area contributed by atoms with Crippen molar-refractivity contribution in [3.8, 4) is 11.5 Å². The molecular formula is C24H32N6O5. The van der Waals surface area contributed by atoms with Gasteiger partial charge < -0.3 is 37.3 Å². The van der Waals surface area contributed by atoms with E-state index in [-0.39, 0.29) is 30.9 Å². The summed E-state index contributed by atoms with van der Waals surface area (Å²) in [4.78, 5) is 42.0. The Labute approximate surface area is 204 Å². The Bertz CT molecular complexity index is 1040. The molecule has 0 aliphatic heterocycles. The van der Waals surface area contributed by atoms with E-state index in [9.17, 15) is 14.4 Å². The monoisotopic (exact) mass is 484 g/mol. The van der Waals surface area contributed by atoms with Gasteiger partial charge in [-0.25, -0.2) is 0 Å². The highest BCUT2D eigenvalue weighted by atomic mass is 16.5. The number of nitrogens with one attached hydrogen (secondary N) is 2. The van der Waals surface area contributed by atoms with Crippen LogP contribution in [0.3, 0.4) is 0 Å². The van der Waals surface area contributed by atoms with Crippen molar-refractivity contribution >= 4 is 23.7 Å². The van der Waals surface area contributed by atoms with Crippen molar-refractivity contribution in [1.29, 1.82) is 0 Å². The molecule has 35 heavy (non-hydrogen) atoms. The maximum atomic E-state index is 13.1. The average molecular weight is 485 g/mol. The lowest BCUT2D eigenvalue weighted by Crippen LogP contribution is -2.53. The molecule has 188 valence electrons. The molecule has 11 heteroatoms. The number of primary amides is 1. The number of nitrogens with zero attached hydrogens (tertiary/aromatic N) is 1. The third-order valence-corrected chi connectivity index (χ3v) is 5.16. The Hall–Kier alpha value is -4.28. The van der Waals surface area contributed by atoms with Gasteiger partial charge in [0, 0.05) is 18.5 Å². The van der Waals surface area contributed by atoms with Crippen LogP contribution in [0.1, 0.15) is 28.8 Å². The number of hydrogen-bond donors (Lipinski definition) is 5. The zero-order valence-corrected chi connectivity index (χ0v) is 19.8. The number of ether oxygens (including phenoxy) is 2. The Morgan fingerprint density at radius 3 is 2.20 bits per heavy atom. The van der Waals surface area contributed by atoms with Crippen molar-refractivity contribution in [2.75, 3.05) is 20.8 Å². The van der Waals surface area contributed by atoms with Crippen molar-refractivity contribution in [3.05, 3.63) is 59.7 Å². The standard InChI is InChI=1S/C24H32N6O5/c1-34-19-11-10-16(14-20(19)35-2)22(32)29-17(9-6-12-28-24(26)27)23(33)30-18(21(25)31)13-15-7-4-3-5-8-15/h3-5,7-8,10-11,14,17-18H,6,9,12-13H2,1-2H3,(H2,25,31)(H,29,32)(H,30,33)(H4,26,27,28)/t17-,18-/m0/s1. The summed E-state index contributed by atoms with van der Waals surface area (Å²) in [7, 11) is 2.94. The van der Waals surface area contributed by atoms with E-state index in [1.165, 1.54) is 20.3 Å². The van der Waals surface area contributed by atoms with E-state index in [0.29, 0.717) is 17.9 Å². The van der Waals surface area contributed by atoms with Gasteiger partial charge in [0.1, 0.15) is 12.1 Å². The van der Waals surface area contributed by atoms with Crippen LogP contribution in [0.25, 0.3) is 0 Å². The predicted molar refractivity (Wildman–Crippen MR) is 132 cm³/mol. The number of aliphatic imine (C=N–C) groups is 1. The SMILES string of the molecule is COc1ccc(C(=O)N[C@@H](CCCN=C(N)N)C(=O)N[C@@H](Cc2ccccc2)C(N)=O)cc1OC. The summed E-state index contributed by atoms with van der Waals surface area (Å²) in [5.41, 5.74) is 17.3. The summed E-state index contributed by atoms with van der Waals surface area (Å²) in [6, 6.07) is 11.9. The summed E-state index contributed by atoms with van der Waals surface area (Å²) in [6.45, 7) is 0.265. The molecule has 8 N–H and O–H groups in total. The maximum Gasteiger partial charge on any atom is 0.252 e. The molecule has 0 unspecified atom stereocenters. The highest BCUT2D eigenvalue weighted by molar-refractivity contribution is 5.98. The van der Waals surface area contributed by atoms with Crippen molar-refractivity contribution in [1.82, 2.24) is 10.6 Å². The van der Waals surface area contributed by atoms with E-state index in [1.54, 1.807) is 12.1 Å². The first-order chi connectivity index (χ1) is 16.7. The fourth-order valence-corrected chi connectivity index (χ4v) is 3.34. The molecule has 2 atom stereocenters. The third-order valence-electron chi connectivity index (χ3n) is 5.16. The van der Waals surface area contributed by atoms with Crippen LogP contribution in [-0.2, 0) is 16.0 Å². The fraction of sp³-hybridized carbons (Fsp3) is 0.333. The van der Waals surface area contributed by atoms with E-state index >= 15 is 0 Å². The van der Waals surface area contributed by atoms with Gasteiger partial charge in [0.2, 0.25) is 11.8 Å². The van der Waals surface area contributed by atoms with Gasteiger partial charge in [-0.05, 0) is 36.6 Å². The van der Waals surface area contributed by atoms with Gasteiger partial charge >= 0.3 is 0 Å².